The topological polar surface area (TPSA) is 114 Å². The van der Waals surface area contributed by atoms with E-state index >= 15 is 0 Å². The quantitative estimate of drug-likeness (QED) is 0.617. The first kappa shape index (κ1) is 25.3. The van der Waals surface area contributed by atoms with E-state index in [0.29, 0.717) is 31.4 Å². The van der Waals surface area contributed by atoms with Gasteiger partial charge in [-0.05, 0) is 25.0 Å². The van der Waals surface area contributed by atoms with Crippen LogP contribution in [-0.4, -0.2) is 23.6 Å². The molecule has 0 aliphatic carbocycles. The third-order valence-corrected chi connectivity index (χ3v) is 6.32. The average molecular weight is 476 g/mol. The highest BCUT2D eigenvalue weighted by atomic mass is 32.2. The van der Waals surface area contributed by atoms with Gasteiger partial charge in [-0.3, -0.25) is 9.36 Å². The molecule has 1 aromatic heterocycles. The first-order valence-corrected chi connectivity index (χ1v) is 10.9. The highest BCUT2D eigenvalue weighted by molar-refractivity contribution is 7.89. The van der Waals surface area contributed by atoms with Crippen molar-refractivity contribution >= 4 is 10.0 Å². The first-order valence-electron chi connectivity index (χ1n) is 9.45. The maximum absolute atomic E-state index is 14.7. The summed E-state index contributed by atoms with van der Waals surface area (Å²) in [5.74, 6) is -1.33. The minimum absolute atomic E-state index is 0.0775. The van der Waals surface area contributed by atoms with Crippen LogP contribution in [0, 0.1) is 17.1 Å². The fourth-order valence-electron chi connectivity index (χ4n) is 3.12. The van der Waals surface area contributed by atoms with Crippen molar-refractivity contribution in [3.05, 3.63) is 56.1 Å². The first-order chi connectivity index (χ1) is 14.8. The smallest absolute Gasteiger partial charge is 0.292 e. The van der Waals surface area contributed by atoms with Crippen LogP contribution in [0.3, 0.4) is 0 Å². The van der Waals surface area contributed by atoms with E-state index < -0.39 is 61.1 Å². The number of aromatic nitrogens is 2. The fraction of sp³-hybridized carbons (Fsp3) is 0.421. The fourth-order valence-corrected chi connectivity index (χ4v) is 4.63. The Hall–Kier alpha value is -2.98. The predicted octanol–water partition coefficient (Wildman–Crippen LogP) is 2.42. The summed E-state index contributed by atoms with van der Waals surface area (Å²) in [4.78, 5) is 24.0. The Labute approximate surface area is 180 Å². The summed E-state index contributed by atoms with van der Waals surface area (Å²) >= 11 is 0. The van der Waals surface area contributed by atoms with Crippen molar-refractivity contribution in [3.8, 4) is 11.8 Å². The van der Waals surface area contributed by atoms with Gasteiger partial charge in [0.2, 0.25) is 10.0 Å². The van der Waals surface area contributed by atoms with Gasteiger partial charge in [-0.2, -0.15) is 18.4 Å². The van der Waals surface area contributed by atoms with Crippen LogP contribution in [0.4, 0.5) is 17.6 Å². The van der Waals surface area contributed by atoms with Crippen molar-refractivity contribution in [2.75, 3.05) is 0 Å². The van der Waals surface area contributed by atoms with Crippen molar-refractivity contribution in [1.82, 2.24) is 13.9 Å². The van der Waals surface area contributed by atoms with E-state index in [1.165, 1.54) is 6.07 Å². The van der Waals surface area contributed by atoms with Gasteiger partial charge in [-0.1, -0.05) is 20.3 Å². The van der Waals surface area contributed by atoms with Crippen molar-refractivity contribution < 1.29 is 26.0 Å². The summed E-state index contributed by atoms with van der Waals surface area (Å²) < 4.78 is 82.1. The number of rotatable bonds is 7. The van der Waals surface area contributed by atoms with Crippen LogP contribution in [0.25, 0.3) is 5.69 Å². The van der Waals surface area contributed by atoms with Gasteiger partial charge in [0, 0.05) is 19.2 Å². The second kappa shape index (κ2) is 9.25. The lowest BCUT2D eigenvalue weighted by Gasteiger charge is -2.18. The Morgan fingerprint density at radius 3 is 2.31 bits per heavy atom. The molecular formula is C19H20F4N4O4S. The summed E-state index contributed by atoms with van der Waals surface area (Å²) in [6, 6.07) is 2.24. The van der Waals surface area contributed by atoms with Gasteiger partial charge < -0.3 is 0 Å². The number of sulfonamides is 1. The molecule has 0 saturated carbocycles. The van der Waals surface area contributed by atoms with Crippen LogP contribution in [0.1, 0.15) is 44.4 Å². The summed E-state index contributed by atoms with van der Waals surface area (Å²) in [5.41, 5.74) is -6.10. The molecule has 0 amide bonds. The number of benzene rings is 1. The molecule has 0 bridgehead atoms. The zero-order valence-corrected chi connectivity index (χ0v) is 18.1. The number of nitrogens with zero attached hydrogens (tertiary/aromatic N) is 3. The molecule has 8 nitrogen and oxygen atoms in total. The molecule has 0 saturated heterocycles. The second-order valence-electron chi connectivity index (χ2n) is 6.97. The third-order valence-electron chi connectivity index (χ3n) is 4.76. The van der Waals surface area contributed by atoms with Crippen molar-refractivity contribution in [3.63, 3.8) is 0 Å². The van der Waals surface area contributed by atoms with E-state index in [-0.39, 0.29) is 15.2 Å². The van der Waals surface area contributed by atoms with Crippen molar-refractivity contribution in [2.24, 2.45) is 7.05 Å². The molecule has 0 aliphatic heterocycles. The minimum atomic E-state index is -5.03. The second-order valence-corrected chi connectivity index (χ2v) is 8.65. The van der Waals surface area contributed by atoms with Gasteiger partial charge in [0.05, 0.1) is 11.3 Å². The average Bonchev–Trinajstić information content (AvgIpc) is 2.70. The minimum Gasteiger partial charge on any atom is -0.292 e. The number of hydrogen-bond acceptors (Lipinski definition) is 5. The van der Waals surface area contributed by atoms with E-state index in [1.54, 1.807) is 6.92 Å². The molecule has 32 heavy (non-hydrogen) atoms. The number of alkyl halides is 3. The van der Waals surface area contributed by atoms with Gasteiger partial charge in [0.1, 0.15) is 22.5 Å². The molecule has 1 aromatic carbocycles. The lowest BCUT2D eigenvalue weighted by atomic mass is 10.1. The summed E-state index contributed by atoms with van der Waals surface area (Å²) in [6.45, 7) is 3.57. The van der Waals surface area contributed by atoms with Crippen molar-refractivity contribution in [2.45, 2.75) is 50.2 Å². The van der Waals surface area contributed by atoms with Crippen LogP contribution in [0.15, 0.2) is 32.7 Å². The molecule has 1 atom stereocenters. The molecule has 0 aliphatic rings. The SMILES string of the molecule is CCCC(CC)NS(=O)(=O)c1cc(-n2c(=O)cc(C(F)(F)F)n(C)c2=O)c(F)cc1C#N. The molecule has 13 heteroatoms. The number of hydrogen-bond donors (Lipinski definition) is 1. The maximum Gasteiger partial charge on any atom is 0.431 e. The Balaban J connectivity index is 2.80. The van der Waals surface area contributed by atoms with E-state index in [4.69, 9.17) is 0 Å². The number of nitriles is 1. The highest BCUT2D eigenvalue weighted by Crippen LogP contribution is 2.27. The van der Waals surface area contributed by atoms with E-state index in [0.717, 1.165) is 7.05 Å². The van der Waals surface area contributed by atoms with Crippen LogP contribution in [-0.2, 0) is 23.2 Å². The standard InChI is InChI=1S/C19H20F4N4O4S/c1-4-6-12(5-2)25-32(30,31)15-8-14(13(20)7-11(15)10-24)27-17(28)9-16(19(21,22)23)26(3)18(27)29/h7-9,12,25H,4-6H2,1-3H3. The molecule has 1 N–H and O–H groups in total. The molecule has 174 valence electrons. The third kappa shape index (κ3) is 4.91. The van der Waals surface area contributed by atoms with Crippen LogP contribution < -0.4 is 16.0 Å². The van der Waals surface area contributed by atoms with E-state index in [2.05, 4.69) is 4.72 Å². The predicted molar refractivity (Wildman–Crippen MR) is 106 cm³/mol. The largest absolute Gasteiger partial charge is 0.431 e. The zero-order chi connectivity index (χ0) is 24.4. The Morgan fingerprint density at radius 1 is 1.19 bits per heavy atom. The van der Waals surface area contributed by atoms with Gasteiger partial charge >= 0.3 is 11.9 Å². The molecule has 0 spiro atoms. The lowest BCUT2D eigenvalue weighted by Crippen LogP contribution is -2.41. The molecule has 2 aromatic rings. The van der Waals surface area contributed by atoms with Crippen LogP contribution >= 0.6 is 0 Å². The van der Waals surface area contributed by atoms with Gasteiger partial charge in [-0.15, -0.1) is 0 Å². The van der Waals surface area contributed by atoms with Crippen LogP contribution in [0.2, 0.25) is 0 Å². The number of nitrogens with one attached hydrogen (secondary N) is 1. The Bertz CT molecular complexity index is 1290. The summed E-state index contributed by atoms with van der Waals surface area (Å²) in [5, 5.41) is 9.27. The molecule has 1 unspecified atom stereocenters. The van der Waals surface area contributed by atoms with Gasteiger partial charge in [0.25, 0.3) is 5.56 Å². The molecule has 0 fully saturated rings. The highest BCUT2D eigenvalue weighted by Gasteiger charge is 2.35. The lowest BCUT2D eigenvalue weighted by molar-refractivity contribution is -0.144. The molecular weight excluding hydrogens is 456 g/mol. The van der Waals surface area contributed by atoms with Gasteiger partial charge in [-0.25, -0.2) is 26.9 Å². The Morgan fingerprint density at radius 2 is 1.81 bits per heavy atom. The molecule has 2 rings (SSSR count). The molecule has 0 radical (unpaired) electrons. The van der Waals surface area contributed by atoms with E-state index in [1.807, 2.05) is 6.92 Å². The van der Waals surface area contributed by atoms with Crippen LogP contribution in [0.5, 0.6) is 0 Å². The normalized spacial score (nSPS) is 13.1. The summed E-state index contributed by atoms with van der Waals surface area (Å²) in [7, 11) is -3.66. The zero-order valence-electron chi connectivity index (χ0n) is 17.3. The molecule has 1 heterocycles. The number of halogens is 4. The monoisotopic (exact) mass is 476 g/mol. The van der Waals surface area contributed by atoms with Crippen molar-refractivity contribution in [1.29, 1.82) is 5.26 Å². The Kier molecular flexibility index (Phi) is 7.31. The summed E-state index contributed by atoms with van der Waals surface area (Å²) in [6.07, 6.45) is -3.48. The van der Waals surface area contributed by atoms with E-state index in [9.17, 15) is 40.8 Å². The van der Waals surface area contributed by atoms with Gasteiger partial charge in [0.15, 0.2) is 0 Å². The maximum atomic E-state index is 14.7.